The normalized spacial score (nSPS) is 40.4. The molecule has 0 radical (unpaired) electrons. The minimum Gasteiger partial charge on any atom is -0.461 e. The number of aliphatic hydroxyl groups is 1. The summed E-state index contributed by atoms with van der Waals surface area (Å²) in [5, 5.41) is 10.3. The van der Waals surface area contributed by atoms with Crippen LogP contribution in [-0.2, 0) is 4.74 Å². The van der Waals surface area contributed by atoms with Gasteiger partial charge in [0.05, 0.1) is 18.5 Å². The molecule has 0 amide bonds. The van der Waals surface area contributed by atoms with Crippen molar-refractivity contribution in [1.29, 1.82) is 0 Å². The van der Waals surface area contributed by atoms with E-state index < -0.39 is 0 Å². The Bertz CT molecular complexity index is 547. The van der Waals surface area contributed by atoms with Gasteiger partial charge in [-0.3, -0.25) is 4.79 Å². The van der Waals surface area contributed by atoms with Crippen molar-refractivity contribution in [2.24, 2.45) is 17.3 Å². The number of ether oxygens (including phenoxy) is 1. The molecule has 0 aliphatic heterocycles. The van der Waals surface area contributed by atoms with Crippen molar-refractivity contribution in [3.63, 3.8) is 0 Å². The molecule has 1 N–H and O–H groups in total. The molecule has 4 nitrogen and oxygen atoms in total. The minimum atomic E-state index is -0.384. The van der Waals surface area contributed by atoms with Gasteiger partial charge in [-0.25, -0.2) is 0 Å². The number of aryl methyl sites for hydroxylation is 1. The molecular formula is C16H22O4. The molecule has 5 unspecified atom stereocenters. The van der Waals surface area contributed by atoms with Crippen LogP contribution in [0.5, 0.6) is 0 Å². The highest BCUT2D eigenvalue weighted by Gasteiger charge is 2.58. The maximum atomic E-state index is 12.8. The number of carbonyl (C=O) groups is 1. The molecule has 1 aromatic rings. The predicted octanol–water partition coefficient (Wildman–Crippen LogP) is 2.89. The van der Waals surface area contributed by atoms with Gasteiger partial charge in [-0.05, 0) is 31.2 Å². The van der Waals surface area contributed by atoms with Crippen LogP contribution in [0.1, 0.15) is 54.5 Å². The number of methoxy groups -OCH3 is 1. The van der Waals surface area contributed by atoms with E-state index in [0.717, 1.165) is 11.1 Å². The first kappa shape index (κ1) is 13.8. The van der Waals surface area contributed by atoms with Gasteiger partial charge in [0, 0.05) is 24.0 Å². The van der Waals surface area contributed by atoms with E-state index >= 15 is 0 Å². The zero-order chi connectivity index (χ0) is 14.7. The molecule has 1 heterocycles. The van der Waals surface area contributed by atoms with Gasteiger partial charge < -0.3 is 14.3 Å². The lowest BCUT2D eigenvalue weighted by atomic mass is 9.53. The van der Waals surface area contributed by atoms with Gasteiger partial charge in [0.25, 0.3) is 0 Å². The van der Waals surface area contributed by atoms with E-state index in [4.69, 9.17) is 9.15 Å². The molecule has 1 saturated carbocycles. The molecule has 1 aromatic heterocycles. The molecular weight excluding hydrogens is 256 g/mol. The lowest BCUT2D eigenvalue weighted by molar-refractivity contribution is -0.126. The van der Waals surface area contributed by atoms with Gasteiger partial charge in [-0.1, -0.05) is 13.8 Å². The van der Waals surface area contributed by atoms with Crippen molar-refractivity contribution in [3.05, 3.63) is 23.2 Å². The molecule has 2 aliphatic carbocycles. The first-order chi connectivity index (χ1) is 9.42. The molecule has 3 rings (SSSR count). The number of hydrogen-bond acceptors (Lipinski definition) is 4. The Morgan fingerprint density at radius 2 is 2.15 bits per heavy atom. The van der Waals surface area contributed by atoms with E-state index in [0.29, 0.717) is 18.6 Å². The van der Waals surface area contributed by atoms with Crippen molar-refractivity contribution in [2.45, 2.75) is 45.8 Å². The van der Waals surface area contributed by atoms with E-state index in [1.165, 1.54) is 0 Å². The fraction of sp³-hybridized carbons (Fsp3) is 0.688. The van der Waals surface area contributed by atoms with E-state index in [1.54, 1.807) is 13.4 Å². The quantitative estimate of drug-likeness (QED) is 0.858. The van der Waals surface area contributed by atoms with Crippen LogP contribution in [0.15, 0.2) is 10.7 Å². The van der Waals surface area contributed by atoms with Crippen molar-refractivity contribution >= 4 is 5.78 Å². The zero-order valence-electron chi connectivity index (χ0n) is 12.5. The van der Waals surface area contributed by atoms with Gasteiger partial charge >= 0.3 is 0 Å². The molecule has 0 bridgehead atoms. The monoisotopic (exact) mass is 278 g/mol. The van der Waals surface area contributed by atoms with E-state index in [1.807, 2.05) is 13.8 Å². The average Bonchev–Trinajstić information content (AvgIpc) is 2.79. The number of aliphatic hydroxyl groups excluding tert-OH is 1. The number of rotatable bonds is 1. The van der Waals surface area contributed by atoms with Crippen molar-refractivity contribution in [2.75, 3.05) is 7.11 Å². The molecule has 4 heteroatoms. The summed E-state index contributed by atoms with van der Waals surface area (Å²) in [6.45, 7) is 6.04. The van der Waals surface area contributed by atoms with Crippen LogP contribution in [-0.4, -0.2) is 24.1 Å². The Morgan fingerprint density at radius 1 is 1.45 bits per heavy atom. The Morgan fingerprint density at radius 3 is 2.80 bits per heavy atom. The number of hydrogen-bond donors (Lipinski definition) is 1. The Kier molecular flexibility index (Phi) is 3.07. The molecule has 2 aliphatic rings. The lowest BCUT2D eigenvalue weighted by Gasteiger charge is -2.53. The third-order valence-corrected chi connectivity index (χ3v) is 5.69. The summed E-state index contributed by atoms with van der Waals surface area (Å²) in [4.78, 5) is 12.8. The van der Waals surface area contributed by atoms with Crippen LogP contribution in [0.4, 0.5) is 0 Å². The SMILES string of the molecule is COC1c2c(C)coc2C(=O)C2CCC(O)C(C)C21C. The molecule has 20 heavy (non-hydrogen) atoms. The summed E-state index contributed by atoms with van der Waals surface area (Å²) in [5.41, 5.74) is 1.44. The standard InChI is InChI=1S/C16H22O4/c1-8-7-20-14-12(8)15(19-4)16(3)9(2)11(17)6-5-10(16)13(14)18/h7,9-11,15,17H,5-6H2,1-4H3. The highest BCUT2D eigenvalue weighted by Crippen LogP contribution is 2.59. The van der Waals surface area contributed by atoms with Crippen LogP contribution in [0.25, 0.3) is 0 Å². The highest BCUT2D eigenvalue weighted by atomic mass is 16.5. The zero-order valence-corrected chi connectivity index (χ0v) is 12.5. The molecule has 110 valence electrons. The van der Waals surface area contributed by atoms with Gasteiger partial charge in [0.2, 0.25) is 5.78 Å². The topological polar surface area (TPSA) is 59.7 Å². The third-order valence-electron chi connectivity index (χ3n) is 5.69. The summed E-state index contributed by atoms with van der Waals surface area (Å²) in [7, 11) is 1.67. The smallest absolute Gasteiger partial charge is 0.202 e. The summed E-state index contributed by atoms with van der Waals surface area (Å²) in [5.74, 6) is 0.407. The van der Waals surface area contributed by atoms with Crippen LogP contribution in [0.3, 0.4) is 0 Å². The Labute approximate surface area is 119 Å². The van der Waals surface area contributed by atoms with Crippen molar-refractivity contribution in [1.82, 2.24) is 0 Å². The van der Waals surface area contributed by atoms with Crippen LogP contribution >= 0.6 is 0 Å². The number of carbonyl (C=O) groups excluding carboxylic acids is 1. The first-order valence-corrected chi connectivity index (χ1v) is 7.26. The van der Waals surface area contributed by atoms with Crippen LogP contribution in [0.2, 0.25) is 0 Å². The molecule has 1 fully saturated rings. The average molecular weight is 278 g/mol. The van der Waals surface area contributed by atoms with Gasteiger partial charge in [0.1, 0.15) is 0 Å². The highest BCUT2D eigenvalue weighted by molar-refractivity contribution is 5.99. The summed E-state index contributed by atoms with van der Waals surface area (Å²) < 4.78 is 11.3. The predicted molar refractivity (Wildman–Crippen MR) is 73.5 cm³/mol. The fourth-order valence-corrected chi connectivity index (χ4v) is 4.28. The van der Waals surface area contributed by atoms with Gasteiger partial charge in [0.15, 0.2) is 5.76 Å². The van der Waals surface area contributed by atoms with E-state index in [9.17, 15) is 9.90 Å². The van der Waals surface area contributed by atoms with Crippen LogP contribution in [0, 0.1) is 24.2 Å². The van der Waals surface area contributed by atoms with Crippen molar-refractivity contribution < 1.29 is 19.1 Å². The largest absolute Gasteiger partial charge is 0.461 e. The number of Topliss-reactive ketones (excluding diaryl/α,β-unsaturated/α-hetero) is 1. The molecule has 5 atom stereocenters. The second kappa shape index (κ2) is 4.43. The summed E-state index contributed by atoms with van der Waals surface area (Å²) in [6.07, 6.45) is 2.41. The third kappa shape index (κ3) is 1.52. The number of ketones is 1. The maximum Gasteiger partial charge on any atom is 0.202 e. The number of furan rings is 1. The van der Waals surface area contributed by atoms with E-state index in [2.05, 4.69) is 6.92 Å². The summed E-state index contributed by atoms with van der Waals surface area (Å²) >= 11 is 0. The lowest BCUT2D eigenvalue weighted by Crippen LogP contribution is -2.54. The molecule has 0 aromatic carbocycles. The Hall–Kier alpha value is -1.13. The van der Waals surface area contributed by atoms with Crippen LogP contribution < -0.4 is 0 Å². The van der Waals surface area contributed by atoms with E-state index in [-0.39, 0.29) is 35.2 Å². The number of fused-ring (bicyclic) bond motifs is 2. The maximum absolute atomic E-state index is 12.8. The van der Waals surface area contributed by atoms with Gasteiger partial charge in [-0.15, -0.1) is 0 Å². The second-order valence-electron chi connectivity index (χ2n) is 6.49. The first-order valence-electron chi connectivity index (χ1n) is 7.26. The fourth-order valence-electron chi connectivity index (χ4n) is 4.28. The van der Waals surface area contributed by atoms with Crippen molar-refractivity contribution in [3.8, 4) is 0 Å². The second-order valence-corrected chi connectivity index (χ2v) is 6.49. The minimum absolute atomic E-state index is 0.0117. The summed E-state index contributed by atoms with van der Waals surface area (Å²) in [6, 6.07) is 0. The Balaban J connectivity index is 2.21. The molecule has 0 saturated heterocycles. The van der Waals surface area contributed by atoms with Gasteiger partial charge in [-0.2, -0.15) is 0 Å². The molecule has 0 spiro atoms.